The number of amides is 1. The third-order valence-corrected chi connectivity index (χ3v) is 4.41. The van der Waals surface area contributed by atoms with E-state index in [1.54, 1.807) is 0 Å². The summed E-state index contributed by atoms with van der Waals surface area (Å²) in [6.45, 7) is 2.94. The highest BCUT2D eigenvalue weighted by molar-refractivity contribution is 9.10. The molecule has 0 radical (unpaired) electrons. The first-order chi connectivity index (χ1) is 10.3. The van der Waals surface area contributed by atoms with Crippen LogP contribution in [0, 0.1) is 0 Å². The smallest absolute Gasteiger partial charge is 0.329 e. The molecule has 6 nitrogen and oxygen atoms in total. The lowest BCUT2D eigenvalue weighted by molar-refractivity contribution is -0.147. The van der Waals surface area contributed by atoms with E-state index in [4.69, 9.17) is 0 Å². The molecule has 1 heterocycles. The number of nitrogens with one attached hydrogen (secondary N) is 1. The fourth-order valence-corrected chi connectivity index (χ4v) is 2.40. The Morgan fingerprint density at radius 2 is 1.86 bits per heavy atom. The number of hydrogen-bond donors (Lipinski definition) is 2. The number of aromatic nitrogens is 2. The van der Waals surface area contributed by atoms with Crippen LogP contribution >= 0.6 is 15.9 Å². The second kappa shape index (κ2) is 5.92. The van der Waals surface area contributed by atoms with E-state index in [0.29, 0.717) is 10.2 Å². The van der Waals surface area contributed by atoms with Gasteiger partial charge < -0.3 is 10.0 Å². The summed E-state index contributed by atoms with van der Waals surface area (Å²) >= 11 is 3.37. The molecule has 1 aromatic carbocycles. The van der Waals surface area contributed by atoms with Crippen LogP contribution in [0.15, 0.2) is 34.8 Å². The largest absolute Gasteiger partial charge is 0.480 e. The van der Waals surface area contributed by atoms with Gasteiger partial charge in [0.1, 0.15) is 16.9 Å². The lowest BCUT2D eigenvalue weighted by atomic mass is 10.0. The van der Waals surface area contributed by atoms with Crippen molar-refractivity contribution >= 4 is 27.8 Å². The summed E-state index contributed by atoms with van der Waals surface area (Å²) in [5.41, 5.74) is 0.347. The number of carboxylic acids is 1. The molecule has 0 bridgehead atoms. The lowest BCUT2D eigenvalue weighted by Crippen LogP contribution is -2.50. The molecule has 22 heavy (non-hydrogen) atoms. The Kier molecular flexibility index (Phi) is 4.37. The lowest BCUT2D eigenvalue weighted by Gasteiger charge is -2.31. The summed E-state index contributed by atoms with van der Waals surface area (Å²) in [5, 5.41) is 16.1. The summed E-state index contributed by atoms with van der Waals surface area (Å²) in [7, 11) is 1.45. The zero-order valence-corrected chi connectivity index (χ0v) is 14.0. The summed E-state index contributed by atoms with van der Waals surface area (Å²) in [4.78, 5) is 25.0. The molecule has 0 atom stereocenters. The first-order valence-electron chi connectivity index (χ1n) is 6.57. The van der Waals surface area contributed by atoms with Crippen molar-refractivity contribution in [2.45, 2.75) is 19.4 Å². The number of carbonyl (C=O) groups excluding carboxylic acids is 1. The number of rotatable bonds is 4. The van der Waals surface area contributed by atoms with Gasteiger partial charge in [-0.1, -0.05) is 30.3 Å². The van der Waals surface area contributed by atoms with Gasteiger partial charge in [0.05, 0.1) is 4.47 Å². The van der Waals surface area contributed by atoms with E-state index in [9.17, 15) is 14.7 Å². The zero-order chi connectivity index (χ0) is 16.5. The molecule has 116 valence electrons. The van der Waals surface area contributed by atoms with Crippen LogP contribution in [0.1, 0.15) is 24.3 Å². The molecule has 0 saturated heterocycles. The number of carbonyl (C=O) groups is 2. The van der Waals surface area contributed by atoms with Gasteiger partial charge in [0, 0.05) is 12.6 Å². The molecular formula is C15H16BrN3O3. The van der Waals surface area contributed by atoms with Gasteiger partial charge in [-0.2, -0.15) is 5.10 Å². The number of likely N-dealkylation sites (N-methyl/N-ethyl adjacent to an activating group) is 1. The maximum atomic E-state index is 12.5. The van der Waals surface area contributed by atoms with E-state index >= 15 is 0 Å². The summed E-state index contributed by atoms with van der Waals surface area (Å²) in [6.07, 6.45) is 0. The molecule has 2 aromatic rings. The van der Waals surface area contributed by atoms with Gasteiger partial charge in [0.15, 0.2) is 0 Å². The van der Waals surface area contributed by atoms with Gasteiger partial charge in [0.25, 0.3) is 5.91 Å². The Morgan fingerprint density at radius 1 is 1.27 bits per heavy atom. The van der Waals surface area contributed by atoms with E-state index < -0.39 is 17.4 Å². The predicted octanol–water partition coefficient (Wildman–Crippen LogP) is 2.77. The molecule has 2 rings (SSSR count). The van der Waals surface area contributed by atoms with Crippen molar-refractivity contribution < 1.29 is 14.7 Å². The van der Waals surface area contributed by atoms with Gasteiger partial charge >= 0.3 is 5.97 Å². The molecule has 0 aliphatic rings. The van der Waals surface area contributed by atoms with Gasteiger partial charge in [0.2, 0.25) is 0 Å². The highest BCUT2D eigenvalue weighted by atomic mass is 79.9. The molecule has 1 amide bonds. The zero-order valence-electron chi connectivity index (χ0n) is 12.4. The summed E-state index contributed by atoms with van der Waals surface area (Å²) in [6, 6.07) is 9.38. The Labute approximate surface area is 136 Å². The van der Waals surface area contributed by atoms with Crippen molar-refractivity contribution in [3.8, 4) is 11.3 Å². The number of halogens is 1. The number of aromatic amines is 1. The molecule has 0 unspecified atom stereocenters. The number of H-pyrrole nitrogens is 1. The number of hydrogen-bond acceptors (Lipinski definition) is 3. The van der Waals surface area contributed by atoms with Crippen molar-refractivity contribution in [2.24, 2.45) is 0 Å². The van der Waals surface area contributed by atoms with Crippen molar-refractivity contribution in [3.63, 3.8) is 0 Å². The summed E-state index contributed by atoms with van der Waals surface area (Å²) < 4.78 is 0.511. The third-order valence-electron chi connectivity index (χ3n) is 3.63. The monoisotopic (exact) mass is 365 g/mol. The summed E-state index contributed by atoms with van der Waals surface area (Å²) in [5.74, 6) is -1.53. The van der Waals surface area contributed by atoms with Crippen LogP contribution in [-0.4, -0.2) is 44.7 Å². The average Bonchev–Trinajstić information content (AvgIpc) is 2.88. The van der Waals surface area contributed by atoms with Crippen LogP contribution in [0.5, 0.6) is 0 Å². The second-order valence-corrected chi connectivity index (χ2v) is 6.15. The quantitative estimate of drug-likeness (QED) is 0.871. The standard InChI is InChI=1S/C15H16BrN3O3/c1-15(2,14(21)22)19(3)13(20)12-10(16)11(17-18-12)9-7-5-4-6-8-9/h4-8H,1-3H3,(H,17,18)(H,21,22). The van der Waals surface area contributed by atoms with Crippen molar-refractivity contribution in [3.05, 3.63) is 40.5 Å². The normalized spacial score (nSPS) is 11.3. The Bertz CT molecular complexity index is 710. The van der Waals surface area contributed by atoms with Crippen LogP contribution in [-0.2, 0) is 4.79 Å². The minimum absolute atomic E-state index is 0.218. The molecule has 0 spiro atoms. The minimum atomic E-state index is -1.32. The molecule has 2 N–H and O–H groups in total. The number of nitrogens with zero attached hydrogens (tertiary/aromatic N) is 2. The van der Waals surface area contributed by atoms with E-state index in [1.807, 2.05) is 30.3 Å². The van der Waals surface area contributed by atoms with E-state index in [2.05, 4.69) is 26.1 Å². The maximum absolute atomic E-state index is 12.5. The van der Waals surface area contributed by atoms with Crippen molar-refractivity contribution in [1.82, 2.24) is 15.1 Å². The molecule has 0 fully saturated rings. The van der Waals surface area contributed by atoms with Crippen LogP contribution < -0.4 is 0 Å². The van der Waals surface area contributed by atoms with Crippen LogP contribution in [0.4, 0.5) is 0 Å². The van der Waals surface area contributed by atoms with Crippen LogP contribution in [0.3, 0.4) is 0 Å². The van der Waals surface area contributed by atoms with Gasteiger partial charge in [-0.3, -0.25) is 9.89 Å². The Balaban J connectivity index is 2.37. The number of benzene rings is 1. The molecule has 0 aliphatic carbocycles. The average molecular weight is 366 g/mol. The fraction of sp³-hybridized carbons (Fsp3) is 0.267. The second-order valence-electron chi connectivity index (χ2n) is 5.36. The fourth-order valence-electron chi connectivity index (χ4n) is 1.82. The SMILES string of the molecule is CN(C(=O)c1[nH]nc(-c2ccccc2)c1Br)C(C)(C)C(=O)O. The van der Waals surface area contributed by atoms with E-state index in [1.165, 1.54) is 25.8 Å². The van der Waals surface area contributed by atoms with Crippen LogP contribution in [0.25, 0.3) is 11.3 Å². The maximum Gasteiger partial charge on any atom is 0.329 e. The van der Waals surface area contributed by atoms with Crippen molar-refractivity contribution in [1.29, 1.82) is 0 Å². The Hall–Kier alpha value is -2.15. The van der Waals surface area contributed by atoms with Gasteiger partial charge in [-0.05, 0) is 29.8 Å². The topological polar surface area (TPSA) is 86.3 Å². The van der Waals surface area contributed by atoms with E-state index in [-0.39, 0.29) is 5.69 Å². The first kappa shape index (κ1) is 16.2. The molecule has 7 heteroatoms. The van der Waals surface area contributed by atoms with Crippen molar-refractivity contribution in [2.75, 3.05) is 7.05 Å². The molecular weight excluding hydrogens is 350 g/mol. The van der Waals surface area contributed by atoms with E-state index in [0.717, 1.165) is 5.56 Å². The highest BCUT2D eigenvalue weighted by Gasteiger charge is 2.37. The molecule has 0 saturated carbocycles. The van der Waals surface area contributed by atoms with Crippen LogP contribution in [0.2, 0.25) is 0 Å². The number of carboxylic acid groups (broad SMARTS) is 1. The third kappa shape index (κ3) is 2.76. The first-order valence-corrected chi connectivity index (χ1v) is 7.37. The Morgan fingerprint density at radius 3 is 2.41 bits per heavy atom. The highest BCUT2D eigenvalue weighted by Crippen LogP contribution is 2.30. The molecule has 1 aromatic heterocycles. The molecule has 0 aliphatic heterocycles. The van der Waals surface area contributed by atoms with Gasteiger partial charge in [-0.25, -0.2) is 4.79 Å². The van der Waals surface area contributed by atoms with Gasteiger partial charge in [-0.15, -0.1) is 0 Å². The number of aliphatic carboxylic acids is 1. The minimum Gasteiger partial charge on any atom is -0.480 e. The predicted molar refractivity (Wildman–Crippen MR) is 85.5 cm³/mol.